The Labute approximate surface area is 141 Å². The summed E-state index contributed by atoms with van der Waals surface area (Å²) in [5.41, 5.74) is 3.72. The molecule has 1 aliphatic carbocycles. The molecule has 128 valence electrons. The molecule has 3 N–H and O–H groups in total. The number of alkyl carbamates (subject to hydrolysis) is 1. The van der Waals surface area contributed by atoms with E-state index in [0.717, 1.165) is 35.9 Å². The van der Waals surface area contributed by atoms with E-state index in [-0.39, 0.29) is 12.1 Å². The van der Waals surface area contributed by atoms with Crippen molar-refractivity contribution in [2.24, 2.45) is 0 Å². The van der Waals surface area contributed by atoms with Gasteiger partial charge in [0.15, 0.2) is 0 Å². The fourth-order valence-corrected chi connectivity index (χ4v) is 3.17. The number of aromatic amines is 1. The minimum atomic E-state index is -0.500. The molecule has 1 unspecified atom stereocenters. The number of ether oxygens (including phenoxy) is 1. The van der Waals surface area contributed by atoms with Crippen LogP contribution in [-0.2, 0) is 22.4 Å². The van der Waals surface area contributed by atoms with Crippen molar-refractivity contribution >= 4 is 29.1 Å². The number of hydrogen-bond donors (Lipinski definition) is 3. The Bertz CT molecular complexity index is 774. The second kappa shape index (κ2) is 6.19. The molecule has 0 bridgehead atoms. The number of carbonyl (C=O) groups excluding carboxylic acids is 2. The van der Waals surface area contributed by atoms with Crippen molar-refractivity contribution in [3.05, 3.63) is 29.5 Å². The smallest absolute Gasteiger partial charge is 0.407 e. The Kier molecular flexibility index (Phi) is 4.22. The highest BCUT2D eigenvalue weighted by Gasteiger charge is 2.25. The third kappa shape index (κ3) is 3.53. The van der Waals surface area contributed by atoms with Crippen LogP contribution in [0.15, 0.2) is 18.2 Å². The van der Waals surface area contributed by atoms with Crippen molar-refractivity contribution in [2.45, 2.75) is 51.7 Å². The van der Waals surface area contributed by atoms with Crippen molar-refractivity contribution in [3.63, 3.8) is 0 Å². The van der Waals surface area contributed by atoms with Gasteiger partial charge in [0.05, 0.1) is 0 Å². The Morgan fingerprint density at radius 2 is 2.17 bits per heavy atom. The first-order valence-corrected chi connectivity index (χ1v) is 8.19. The van der Waals surface area contributed by atoms with Gasteiger partial charge in [0.2, 0.25) is 6.41 Å². The van der Waals surface area contributed by atoms with Gasteiger partial charge in [-0.25, -0.2) is 4.79 Å². The van der Waals surface area contributed by atoms with Crippen LogP contribution in [-0.4, -0.2) is 29.1 Å². The largest absolute Gasteiger partial charge is 0.444 e. The predicted molar refractivity (Wildman–Crippen MR) is 93.2 cm³/mol. The van der Waals surface area contributed by atoms with Crippen LogP contribution in [0.25, 0.3) is 10.9 Å². The molecular formula is C18H23N3O3. The maximum absolute atomic E-state index is 12.0. The Morgan fingerprint density at radius 1 is 1.38 bits per heavy atom. The van der Waals surface area contributed by atoms with Gasteiger partial charge < -0.3 is 20.4 Å². The highest BCUT2D eigenvalue weighted by Crippen LogP contribution is 2.31. The van der Waals surface area contributed by atoms with E-state index in [9.17, 15) is 9.59 Å². The molecule has 0 radical (unpaired) electrons. The van der Waals surface area contributed by atoms with Crippen LogP contribution in [0.4, 0.5) is 10.5 Å². The second-order valence-corrected chi connectivity index (χ2v) is 7.19. The number of H-pyrrole nitrogens is 1. The summed E-state index contributed by atoms with van der Waals surface area (Å²) in [6.45, 7) is 5.56. The van der Waals surface area contributed by atoms with E-state index in [0.29, 0.717) is 6.41 Å². The average molecular weight is 329 g/mol. The molecule has 0 saturated heterocycles. The lowest BCUT2D eigenvalue weighted by molar-refractivity contribution is -0.105. The van der Waals surface area contributed by atoms with E-state index in [4.69, 9.17) is 4.74 Å². The summed E-state index contributed by atoms with van der Waals surface area (Å²) in [4.78, 5) is 26.1. The number of anilines is 1. The van der Waals surface area contributed by atoms with Crippen molar-refractivity contribution in [1.29, 1.82) is 0 Å². The van der Waals surface area contributed by atoms with Gasteiger partial charge in [-0.3, -0.25) is 4.79 Å². The van der Waals surface area contributed by atoms with Crippen molar-refractivity contribution < 1.29 is 14.3 Å². The lowest BCUT2D eigenvalue weighted by Gasteiger charge is -2.26. The summed E-state index contributed by atoms with van der Waals surface area (Å²) in [5, 5.41) is 6.74. The van der Waals surface area contributed by atoms with Crippen LogP contribution in [0.2, 0.25) is 0 Å². The number of amides is 2. The van der Waals surface area contributed by atoms with E-state index in [1.165, 1.54) is 11.3 Å². The number of aromatic nitrogens is 1. The molecule has 6 nitrogen and oxygen atoms in total. The van der Waals surface area contributed by atoms with E-state index >= 15 is 0 Å². The maximum Gasteiger partial charge on any atom is 0.407 e. The van der Waals surface area contributed by atoms with Gasteiger partial charge in [0, 0.05) is 28.3 Å². The normalized spacial score (nSPS) is 17.2. The highest BCUT2D eigenvalue weighted by atomic mass is 16.6. The first-order chi connectivity index (χ1) is 11.4. The molecule has 6 heteroatoms. The number of benzene rings is 1. The fraction of sp³-hybridized carbons (Fsp3) is 0.444. The van der Waals surface area contributed by atoms with Crippen LogP contribution in [0, 0.1) is 0 Å². The SMILES string of the molecule is CC(C)(C)OC(=O)NC1CCc2[nH]c3ccc(NC=O)cc3c2C1. The molecule has 1 aromatic heterocycles. The molecular weight excluding hydrogens is 306 g/mol. The van der Waals surface area contributed by atoms with Crippen LogP contribution in [0.5, 0.6) is 0 Å². The quantitative estimate of drug-likeness (QED) is 0.757. The van der Waals surface area contributed by atoms with Gasteiger partial charge in [-0.15, -0.1) is 0 Å². The summed E-state index contributed by atoms with van der Waals surface area (Å²) >= 11 is 0. The fourth-order valence-electron chi connectivity index (χ4n) is 3.17. The summed E-state index contributed by atoms with van der Waals surface area (Å²) < 4.78 is 5.34. The van der Waals surface area contributed by atoms with Crippen LogP contribution >= 0.6 is 0 Å². The van der Waals surface area contributed by atoms with E-state index < -0.39 is 5.60 Å². The topological polar surface area (TPSA) is 83.2 Å². The molecule has 2 amide bonds. The number of rotatable bonds is 3. The molecule has 24 heavy (non-hydrogen) atoms. The number of fused-ring (bicyclic) bond motifs is 3. The lowest BCUT2D eigenvalue weighted by Crippen LogP contribution is -2.41. The zero-order valence-electron chi connectivity index (χ0n) is 14.2. The third-order valence-electron chi connectivity index (χ3n) is 4.13. The van der Waals surface area contributed by atoms with E-state index in [1.54, 1.807) is 0 Å². The van der Waals surface area contributed by atoms with Crippen LogP contribution in [0.1, 0.15) is 38.4 Å². The predicted octanol–water partition coefficient (Wildman–Crippen LogP) is 3.12. The number of nitrogens with one attached hydrogen (secondary N) is 3. The zero-order valence-corrected chi connectivity index (χ0v) is 14.2. The van der Waals surface area contributed by atoms with Crippen molar-refractivity contribution in [1.82, 2.24) is 10.3 Å². The standard InChI is InChI=1S/C18H23N3O3/c1-18(2,3)24-17(23)20-12-5-7-16-14(9-12)13-8-11(19-10-22)4-6-15(13)21-16/h4,6,8,10,12,21H,5,7,9H2,1-3H3,(H,19,22)(H,20,23). The zero-order chi connectivity index (χ0) is 17.3. The lowest BCUT2D eigenvalue weighted by atomic mass is 9.91. The van der Waals surface area contributed by atoms with Gasteiger partial charge in [-0.1, -0.05) is 0 Å². The first kappa shape index (κ1) is 16.4. The van der Waals surface area contributed by atoms with Crippen molar-refractivity contribution in [3.8, 4) is 0 Å². The second-order valence-electron chi connectivity index (χ2n) is 7.19. The molecule has 3 rings (SSSR count). The average Bonchev–Trinajstić information content (AvgIpc) is 2.83. The van der Waals surface area contributed by atoms with Gasteiger partial charge >= 0.3 is 6.09 Å². The van der Waals surface area contributed by atoms with Crippen LogP contribution in [0.3, 0.4) is 0 Å². The molecule has 1 heterocycles. The van der Waals surface area contributed by atoms with Gasteiger partial charge in [-0.05, 0) is 63.8 Å². The van der Waals surface area contributed by atoms with E-state index in [1.807, 2.05) is 39.0 Å². The van der Waals surface area contributed by atoms with Gasteiger partial charge in [0.1, 0.15) is 5.60 Å². The molecule has 0 aliphatic heterocycles. The maximum atomic E-state index is 12.0. The number of hydrogen-bond acceptors (Lipinski definition) is 3. The minimum Gasteiger partial charge on any atom is -0.444 e. The van der Waals surface area contributed by atoms with Gasteiger partial charge in [0.25, 0.3) is 0 Å². The first-order valence-electron chi connectivity index (χ1n) is 8.19. The molecule has 1 atom stereocenters. The molecule has 0 saturated carbocycles. The minimum absolute atomic E-state index is 0.0500. The Hall–Kier alpha value is -2.50. The van der Waals surface area contributed by atoms with E-state index in [2.05, 4.69) is 15.6 Å². The molecule has 0 fully saturated rings. The molecule has 0 spiro atoms. The third-order valence-corrected chi connectivity index (χ3v) is 4.13. The molecule has 2 aromatic rings. The van der Waals surface area contributed by atoms with Crippen LogP contribution < -0.4 is 10.6 Å². The Balaban J connectivity index is 1.79. The number of carbonyl (C=O) groups is 2. The summed E-state index contributed by atoms with van der Waals surface area (Å²) in [5.74, 6) is 0. The monoisotopic (exact) mass is 329 g/mol. The highest BCUT2D eigenvalue weighted by molar-refractivity contribution is 5.90. The van der Waals surface area contributed by atoms with Crippen molar-refractivity contribution in [2.75, 3.05) is 5.32 Å². The summed E-state index contributed by atoms with van der Waals surface area (Å²) in [6, 6.07) is 5.86. The molecule has 1 aromatic carbocycles. The number of aryl methyl sites for hydroxylation is 1. The van der Waals surface area contributed by atoms with Gasteiger partial charge in [-0.2, -0.15) is 0 Å². The molecule has 1 aliphatic rings. The Morgan fingerprint density at radius 3 is 2.88 bits per heavy atom. The summed E-state index contributed by atoms with van der Waals surface area (Å²) in [7, 11) is 0. The summed E-state index contributed by atoms with van der Waals surface area (Å²) in [6.07, 6.45) is 2.80.